The highest BCUT2D eigenvalue weighted by Crippen LogP contribution is 2.38. The van der Waals surface area contributed by atoms with Crippen LogP contribution in [0.5, 0.6) is 0 Å². The maximum Gasteiger partial charge on any atom is 0.165 e. The molecule has 0 unspecified atom stereocenters. The lowest BCUT2D eigenvalue weighted by Gasteiger charge is -2.19. The fourth-order valence-electron chi connectivity index (χ4n) is 4.14. The molecule has 0 spiro atoms. The fraction of sp³-hybridized carbons (Fsp3) is 0.208. The van der Waals surface area contributed by atoms with Gasteiger partial charge in [0.25, 0.3) is 0 Å². The third kappa shape index (κ3) is 2.56. The van der Waals surface area contributed by atoms with Gasteiger partial charge in [-0.2, -0.15) is 5.10 Å². The van der Waals surface area contributed by atoms with E-state index in [0.717, 1.165) is 57.6 Å². The number of fused-ring (bicyclic) bond motifs is 2. The van der Waals surface area contributed by atoms with E-state index in [0.29, 0.717) is 6.42 Å². The first-order valence-corrected chi connectivity index (χ1v) is 9.71. The summed E-state index contributed by atoms with van der Waals surface area (Å²) in [6.45, 7) is 4.08. The number of para-hydroxylation sites is 1. The monoisotopic (exact) mass is 367 g/mol. The van der Waals surface area contributed by atoms with Crippen molar-refractivity contribution in [2.75, 3.05) is 0 Å². The van der Waals surface area contributed by atoms with Crippen molar-refractivity contribution >= 4 is 16.8 Å². The summed E-state index contributed by atoms with van der Waals surface area (Å²) in [4.78, 5) is 17.9. The van der Waals surface area contributed by atoms with Crippen molar-refractivity contribution < 1.29 is 4.79 Å². The molecule has 28 heavy (non-hydrogen) atoms. The number of carbonyl (C=O) groups excluding carboxylic acids is 1. The Morgan fingerprint density at radius 3 is 2.39 bits per heavy atom. The molecule has 0 radical (unpaired) electrons. The second-order valence-electron chi connectivity index (χ2n) is 7.48. The number of ketones is 1. The number of pyridine rings is 1. The fourth-order valence-corrected chi connectivity index (χ4v) is 4.14. The van der Waals surface area contributed by atoms with Crippen LogP contribution in [0, 0.1) is 13.8 Å². The molecule has 0 atom stereocenters. The molecule has 0 N–H and O–H groups in total. The zero-order chi connectivity index (χ0) is 19.3. The first-order valence-electron chi connectivity index (χ1n) is 9.71. The number of benzene rings is 2. The molecule has 0 fully saturated rings. The summed E-state index contributed by atoms with van der Waals surface area (Å²) in [6, 6.07) is 18.5. The van der Waals surface area contributed by atoms with Gasteiger partial charge in [0.2, 0.25) is 0 Å². The van der Waals surface area contributed by atoms with Gasteiger partial charge in [-0.1, -0.05) is 48.0 Å². The van der Waals surface area contributed by atoms with Gasteiger partial charge in [-0.15, -0.1) is 0 Å². The van der Waals surface area contributed by atoms with Gasteiger partial charge in [0.15, 0.2) is 11.4 Å². The van der Waals surface area contributed by atoms with Crippen molar-refractivity contribution in [2.45, 2.75) is 33.1 Å². The number of hydrogen-bond acceptors (Lipinski definition) is 3. The van der Waals surface area contributed by atoms with E-state index in [1.165, 1.54) is 5.56 Å². The van der Waals surface area contributed by atoms with E-state index in [1.807, 2.05) is 41.9 Å². The van der Waals surface area contributed by atoms with Gasteiger partial charge in [-0.25, -0.2) is 9.67 Å². The van der Waals surface area contributed by atoms with E-state index >= 15 is 0 Å². The maximum absolute atomic E-state index is 12.9. The first kappa shape index (κ1) is 16.9. The summed E-state index contributed by atoms with van der Waals surface area (Å²) in [5.41, 5.74) is 7.63. The van der Waals surface area contributed by atoms with Gasteiger partial charge in [0.05, 0.1) is 22.5 Å². The number of aryl methyl sites for hydroxylation is 3. The molecule has 4 nitrogen and oxygen atoms in total. The minimum atomic E-state index is 0.193. The highest BCUT2D eigenvalue weighted by molar-refractivity contribution is 6.11. The average molecular weight is 367 g/mol. The Balaban J connectivity index is 1.90. The van der Waals surface area contributed by atoms with Crippen molar-refractivity contribution in [2.24, 2.45) is 0 Å². The van der Waals surface area contributed by atoms with Gasteiger partial charge in [-0.05, 0) is 44.4 Å². The standard InChI is InChI=1S/C24H21N3O/c1-15-11-13-17(14-12-15)22-21-16(2)26-27(18-7-4-3-5-8-18)24(21)25-19-9-6-10-20(28)23(19)22/h3-5,7-8,11-14H,6,9-10H2,1-2H3. The van der Waals surface area contributed by atoms with Crippen LogP contribution in [-0.4, -0.2) is 20.5 Å². The van der Waals surface area contributed by atoms with Gasteiger partial charge in [0, 0.05) is 17.5 Å². The normalized spacial score (nSPS) is 13.7. The van der Waals surface area contributed by atoms with Gasteiger partial charge in [0.1, 0.15) is 0 Å². The lowest BCUT2D eigenvalue weighted by molar-refractivity contribution is 0.0972. The molecule has 0 saturated heterocycles. The highest BCUT2D eigenvalue weighted by Gasteiger charge is 2.28. The summed E-state index contributed by atoms with van der Waals surface area (Å²) in [5.74, 6) is 0.193. The number of nitrogens with zero attached hydrogens (tertiary/aromatic N) is 3. The van der Waals surface area contributed by atoms with Crippen LogP contribution in [0.1, 0.15) is 40.2 Å². The Kier molecular flexibility index (Phi) is 3.86. The molecule has 0 bridgehead atoms. The SMILES string of the molecule is Cc1ccc(-c2c3c(nc4c2c(C)nn4-c2ccccc2)CCCC3=O)cc1. The molecule has 2 heterocycles. The van der Waals surface area contributed by atoms with Gasteiger partial charge in [-0.3, -0.25) is 4.79 Å². The third-order valence-electron chi connectivity index (χ3n) is 5.50. The predicted octanol–water partition coefficient (Wildman–Crippen LogP) is 5.22. The van der Waals surface area contributed by atoms with Crippen LogP contribution in [0.15, 0.2) is 54.6 Å². The lowest BCUT2D eigenvalue weighted by atomic mass is 9.86. The summed E-state index contributed by atoms with van der Waals surface area (Å²) in [5, 5.41) is 5.78. The smallest absolute Gasteiger partial charge is 0.165 e. The Labute approximate surface area is 163 Å². The lowest BCUT2D eigenvalue weighted by Crippen LogP contribution is -2.15. The van der Waals surface area contributed by atoms with Gasteiger partial charge < -0.3 is 0 Å². The Hall–Kier alpha value is -3.27. The number of rotatable bonds is 2. The van der Waals surface area contributed by atoms with E-state index in [4.69, 9.17) is 10.1 Å². The molecule has 2 aromatic carbocycles. The minimum absolute atomic E-state index is 0.193. The third-order valence-corrected chi connectivity index (χ3v) is 5.50. The Morgan fingerprint density at radius 1 is 0.893 bits per heavy atom. The van der Waals surface area contributed by atoms with E-state index in [-0.39, 0.29) is 5.78 Å². The van der Waals surface area contributed by atoms with E-state index in [9.17, 15) is 4.79 Å². The Bertz CT molecular complexity index is 1200. The maximum atomic E-state index is 12.9. The molecule has 0 amide bonds. The van der Waals surface area contributed by atoms with Gasteiger partial charge >= 0.3 is 0 Å². The number of hydrogen-bond donors (Lipinski definition) is 0. The molecule has 4 heteroatoms. The van der Waals surface area contributed by atoms with Crippen LogP contribution in [-0.2, 0) is 6.42 Å². The zero-order valence-electron chi connectivity index (χ0n) is 16.1. The van der Waals surface area contributed by atoms with Crippen molar-refractivity contribution in [3.63, 3.8) is 0 Å². The summed E-state index contributed by atoms with van der Waals surface area (Å²) in [6.07, 6.45) is 2.27. The van der Waals surface area contributed by atoms with E-state index < -0.39 is 0 Å². The molecule has 0 saturated carbocycles. The van der Waals surface area contributed by atoms with Crippen LogP contribution < -0.4 is 0 Å². The summed E-state index contributed by atoms with van der Waals surface area (Å²) < 4.78 is 1.90. The molecule has 4 aromatic rings. The van der Waals surface area contributed by atoms with Crippen LogP contribution in [0.2, 0.25) is 0 Å². The first-order chi connectivity index (χ1) is 13.6. The molecular formula is C24H21N3O. The molecule has 1 aliphatic carbocycles. The van der Waals surface area contributed by atoms with Crippen LogP contribution >= 0.6 is 0 Å². The number of Topliss-reactive ketones (excluding diaryl/α,β-unsaturated/α-hetero) is 1. The molecular weight excluding hydrogens is 346 g/mol. The second-order valence-corrected chi connectivity index (χ2v) is 7.48. The van der Waals surface area contributed by atoms with Crippen LogP contribution in [0.3, 0.4) is 0 Å². The molecule has 5 rings (SSSR count). The van der Waals surface area contributed by atoms with Crippen LogP contribution in [0.4, 0.5) is 0 Å². The zero-order valence-corrected chi connectivity index (χ0v) is 16.1. The Morgan fingerprint density at radius 2 is 1.64 bits per heavy atom. The van der Waals surface area contributed by atoms with Crippen LogP contribution in [0.25, 0.3) is 27.8 Å². The molecule has 138 valence electrons. The van der Waals surface area contributed by atoms with Crippen molar-refractivity contribution in [3.8, 4) is 16.8 Å². The summed E-state index contributed by atoms with van der Waals surface area (Å²) in [7, 11) is 0. The van der Waals surface area contributed by atoms with Crippen molar-refractivity contribution in [3.05, 3.63) is 77.1 Å². The van der Waals surface area contributed by atoms with Crippen molar-refractivity contribution in [1.82, 2.24) is 14.8 Å². The highest BCUT2D eigenvalue weighted by atomic mass is 16.1. The topological polar surface area (TPSA) is 47.8 Å². The molecule has 1 aliphatic rings. The minimum Gasteiger partial charge on any atom is -0.294 e. The molecule has 2 aromatic heterocycles. The summed E-state index contributed by atoms with van der Waals surface area (Å²) >= 11 is 0. The quantitative estimate of drug-likeness (QED) is 0.488. The second kappa shape index (κ2) is 6.41. The van der Waals surface area contributed by atoms with E-state index in [1.54, 1.807) is 0 Å². The number of aromatic nitrogens is 3. The molecule has 0 aliphatic heterocycles. The van der Waals surface area contributed by atoms with Crippen molar-refractivity contribution in [1.29, 1.82) is 0 Å². The average Bonchev–Trinajstić information content (AvgIpc) is 3.04. The number of carbonyl (C=O) groups is 1. The predicted molar refractivity (Wildman–Crippen MR) is 111 cm³/mol. The largest absolute Gasteiger partial charge is 0.294 e. The van der Waals surface area contributed by atoms with E-state index in [2.05, 4.69) is 31.2 Å².